The second kappa shape index (κ2) is 4.00. The number of rotatable bonds is 2. The fourth-order valence-electron chi connectivity index (χ4n) is 1.33. The van der Waals surface area contributed by atoms with Crippen molar-refractivity contribution in [3.8, 4) is 0 Å². The van der Waals surface area contributed by atoms with Gasteiger partial charge in [-0.05, 0) is 0 Å². The molecule has 0 aromatic rings. The molecule has 0 aromatic heterocycles. The van der Waals surface area contributed by atoms with Crippen LogP contribution in [0.1, 0.15) is 0 Å². The van der Waals surface area contributed by atoms with Crippen LogP contribution in [0.3, 0.4) is 0 Å². The first-order valence-corrected chi connectivity index (χ1v) is 4.13. The highest BCUT2D eigenvalue weighted by atomic mass is 16.7. The van der Waals surface area contributed by atoms with Gasteiger partial charge in [0.1, 0.15) is 24.4 Å². The van der Waals surface area contributed by atoms with Crippen LogP contribution < -0.4 is 0 Å². The van der Waals surface area contributed by atoms with Gasteiger partial charge in [0, 0.05) is 0 Å². The largest absolute Gasteiger partial charge is 0.477 e. The molecule has 1 saturated heterocycles. The van der Waals surface area contributed by atoms with Crippen molar-refractivity contribution in [2.45, 2.75) is 30.2 Å². The Balaban J connectivity index is 2.97. The minimum atomic E-state index is -3.04. The molecule has 15 heavy (non-hydrogen) atoms. The maximum atomic E-state index is 10.6. The van der Waals surface area contributed by atoms with E-state index in [4.69, 9.17) is 10.2 Å². The van der Waals surface area contributed by atoms with Crippen molar-refractivity contribution in [1.82, 2.24) is 0 Å². The summed E-state index contributed by atoms with van der Waals surface area (Å²) in [7, 11) is 0. The van der Waals surface area contributed by atoms with E-state index in [-0.39, 0.29) is 0 Å². The van der Waals surface area contributed by atoms with Crippen LogP contribution in [0.2, 0.25) is 0 Å². The molecule has 0 amide bonds. The van der Waals surface area contributed by atoms with Gasteiger partial charge in [-0.1, -0.05) is 0 Å². The molecule has 1 unspecified atom stereocenters. The van der Waals surface area contributed by atoms with Crippen LogP contribution in [-0.4, -0.2) is 73.4 Å². The average Bonchev–Trinajstić information content (AvgIpc) is 2.20. The van der Waals surface area contributed by atoms with Gasteiger partial charge in [-0.15, -0.1) is 0 Å². The van der Waals surface area contributed by atoms with E-state index >= 15 is 0 Å². The van der Waals surface area contributed by atoms with Crippen molar-refractivity contribution in [3.05, 3.63) is 0 Å². The van der Waals surface area contributed by atoms with Crippen molar-refractivity contribution < 1.29 is 40.2 Å². The van der Waals surface area contributed by atoms with E-state index in [1.54, 1.807) is 0 Å². The summed E-state index contributed by atoms with van der Waals surface area (Å²) in [5, 5.41) is 54.3. The monoisotopic (exact) mass is 224 g/mol. The maximum absolute atomic E-state index is 10.6. The first-order valence-electron chi connectivity index (χ1n) is 4.13. The van der Waals surface area contributed by atoms with Crippen LogP contribution >= 0.6 is 0 Å². The lowest BCUT2D eigenvalue weighted by Crippen LogP contribution is -2.68. The Morgan fingerprint density at radius 1 is 1.27 bits per heavy atom. The van der Waals surface area contributed by atoms with Crippen molar-refractivity contribution in [2.75, 3.05) is 6.61 Å². The molecule has 5 atom stereocenters. The lowest BCUT2D eigenvalue weighted by atomic mass is 9.93. The maximum Gasteiger partial charge on any atom is 0.367 e. The fraction of sp³-hybridized carbons (Fsp3) is 0.857. The predicted molar refractivity (Wildman–Crippen MR) is 42.6 cm³/mol. The van der Waals surface area contributed by atoms with Crippen molar-refractivity contribution >= 4 is 5.97 Å². The lowest BCUT2D eigenvalue weighted by Gasteiger charge is -2.42. The van der Waals surface area contributed by atoms with Gasteiger partial charge in [0.15, 0.2) is 0 Å². The Morgan fingerprint density at radius 2 is 1.80 bits per heavy atom. The van der Waals surface area contributed by atoms with E-state index in [9.17, 15) is 25.2 Å². The molecular formula is C7H12O8. The normalized spacial score (nSPS) is 46.5. The SMILES string of the molecule is O=C(O)C1(O)O[C@H](CO)[C@H](O)[C@H](O)[C@H]1O. The summed E-state index contributed by atoms with van der Waals surface area (Å²) in [5.41, 5.74) is 0. The summed E-state index contributed by atoms with van der Waals surface area (Å²) in [6.45, 7) is -0.805. The lowest BCUT2D eigenvalue weighted by molar-refractivity contribution is -0.337. The van der Waals surface area contributed by atoms with E-state index in [1.165, 1.54) is 0 Å². The number of carbonyl (C=O) groups is 1. The zero-order valence-electron chi connectivity index (χ0n) is 7.52. The third kappa shape index (κ3) is 1.83. The van der Waals surface area contributed by atoms with Gasteiger partial charge in [0.05, 0.1) is 6.61 Å². The molecule has 6 N–H and O–H groups in total. The molecule has 1 fully saturated rings. The van der Waals surface area contributed by atoms with Gasteiger partial charge >= 0.3 is 5.97 Å². The highest BCUT2D eigenvalue weighted by molar-refractivity contribution is 5.76. The Labute approximate surface area is 84.0 Å². The quantitative estimate of drug-likeness (QED) is 0.280. The number of aliphatic hydroxyl groups excluding tert-OH is 4. The molecule has 1 rings (SSSR count). The molecule has 0 aromatic carbocycles. The van der Waals surface area contributed by atoms with E-state index < -0.39 is 42.8 Å². The van der Waals surface area contributed by atoms with Crippen molar-refractivity contribution in [3.63, 3.8) is 0 Å². The summed E-state index contributed by atoms with van der Waals surface area (Å²) in [6.07, 6.45) is -7.28. The number of hydrogen-bond acceptors (Lipinski definition) is 7. The third-order valence-electron chi connectivity index (χ3n) is 2.27. The standard InChI is InChI=1S/C7H12O8/c8-1-2-3(9)4(10)5(11)7(14,15-2)6(12)13/h2-5,8-11,14H,1H2,(H,12,13)/t2-,3+,4+,5-,7?/m1/s1. The average molecular weight is 224 g/mol. The molecule has 1 heterocycles. The molecule has 0 radical (unpaired) electrons. The molecule has 0 bridgehead atoms. The minimum Gasteiger partial charge on any atom is -0.477 e. The van der Waals surface area contributed by atoms with Gasteiger partial charge in [-0.25, -0.2) is 4.79 Å². The third-order valence-corrected chi connectivity index (χ3v) is 2.27. The zero-order valence-corrected chi connectivity index (χ0v) is 7.52. The van der Waals surface area contributed by atoms with Crippen LogP contribution in [0.5, 0.6) is 0 Å². The Hall–Kier alpha value is -0.770. The molecular weight excluding hydrogens is 212 g/mol. The van der Waals surface area contributed by atoms with Crippen molar-refractivity contribution in [1.29, 1.82) is 0 Å². The highest BCUT2D eigenvalue weighted by Crippen LogP contribution is 2.28. The summed E-state index contributed by atoms with van der Waals surface area (Å²) in [5.74, 6) is -4.95. The first kappa shape index (κ1) is 12.3. The molecule has 88 valence electrons. The molecule has 1 aliphatic heterocycles. The number of aliphatic hydroxyl groups is 5. The van der Waals surface area contributed by atoms with Gasteiger partial charge in [-0.2, -0.15) is 0 Å². The van der Waals surface area contributed by atoms with E-state index in [0.29, 0.717) is 0 Å². The fourth-order valence-corrected chi connectivity index (χ4v) is 1.33. The van der Waals surface area contributed by atoms with Crippen LogP contribution in [-0.2, 0) is 9.53 Å². The molecule has 0 aliphatic carbocycles. The molecule has 0 saturated carbocycles. The van der Waals surface area contributed by atoms with Gasteiger partial charge in [0.2, 0.25) is 0 Å². The van der Waals surface area contributed by atoms with Crippen LogP contribution in [0.15, 0.2) is 0 Å². The second-order valence-electron chi connectivity index (χ2n) is 3.27. The van der Waals surface area contributed by atoms with Crippen LogP contribution in [0.25, 0.3) is 0 Å². The summed E-state index contributed by atoms with van der Waals surface area (Å²) in [6, 6.07) is 0. The number of carboxylic acid groups (broad SMARTS) is 1. The van der Waals surface area contributed by atoms with Gasteiger partial charge in [-0.3, -0.25) is 0 Å². The molecule has 8 nitrogen and oxygen atoms in total. The topological polar surface area (TPSA) is 148 Å². The number of carboxylic acids is 1. The summed E-state index contributed by atoms with van der Waals surface area (Å²) < 4.78 is 4.43. The van der Waals surface area contributed by atoms with E-state index in [0.717, 1.165) is 0 Å². The Bertz CT molecular complexity index is 253. The zero-order chi connectivity index (χ0) is 11.8. The number of aliphatic carboxylic acids is 1. The van der Waals surface area contributed by atoms with E-state index in [2.05, 4.69) is 4.74 Å². The number of hydrogen-bond donors (Lipinski definition) is 6. The van der Waals surface area contributed by atoms with Crippen LogP contribution in [0.4, 0.5) is 0 Å². The van der Waals surface area contributed by atoms with E-state index in [1.807, 2.05) is 0 Å². The van der Waals surface area contributed by atoms with Gasteiger partial charge < -0.3 is 35.4 Å². The highest BCUT2D eigenvalue weighted by Gasteiger charge is 2.57. The van der Waals surface area contributed by atoms with Crippen LogP contribution in [0, 0.1) is 0 Å². The van der Waals surface area contributed by atoms with Gasteiger partial charge in [0.25, 0.3) is 5.79 Å². The minimum absolute atomic E-state index is 0.805. The number of ether oxygens (including phenoxy) is 1. The van der Waals surface area contributed by atoms with Crippen molar-refractivity contribution in [2.24, 2.45) is 0 Å². The first-order chi connectivity index (χ1) is 6.84. The predicted octanol–water partition coefficient (Wildman–Crippen LogP) is -3.77. The molecule has 8 heteroatoms. The molecule has 1 aliphatic rings. The second-order valence-corrected chi connectivity index (χ2v) is 3.27. The summed E-state index contributed by atoms with van der Waals surface area (Å²) in [4.78, 5) is 10.6. The molecule has 0 spiro atoms. The Kier molecular flexibility index (Phi) is 3.28. The smallest absolute Gasteiger partial charge is 0.367 e. The summed E-state index contributed by atoms with van der Waals surface area (Å²) >= 11 is 0. The Morgan fingerprint density at radius 3 is 2.20 bits per heavy atom.